The molecule has 1 unspecified atom stereocenters. The van der Waals surface area contributed by atoms with Crippen LogP contribution in [-0.2, 0) is 10.3 Å². The van der Waals surface area contributed by atoms with Gasteiger partial charge in [0.25, 0.3) is 5.91 Å². The summed E-state index contributed by atoms with van der Waals surface area (Å²) < 4.78 is 20.9. The van der Waals surface area contributed by atoms with Crippen molar-refractivity contribution in [2.24, 2.45) is 0 Å². The number of morpholine rings is 1. The predicted molar refractivity (Wildman–Crippen MR) is 101 cm³/mol. The maximum Gasteiger partial charge on any atom is 0.254 e. The number of carbonyl (C=O) groups is 1. The molecular formula is C20H27FN4O2. The van der Waals surface area contributed by atoms with Crippen molar-refractivity contribution in [3.8, 4) is 0 Å². The van der Waals surface area contributed by atoms with E-state index in [1.807, 2.05) is 26.8 Å². The first-order chi connectivity index (χ1) is 12.8. The number of nitrogens with zero attached hydrogens (tertiary/aromatic N) is 3. The van der Waals surface area contributed by atoms with Crippen LogP contribution in [0.4, 0.5) is 4.39 Å². The van der Waals surface area contributed by atoms with Gasteiger partial charge >= 0.3 is 0 Å². The highest BCUT2D eigenvalue weighted by molar-refractivity contribution is 5.93. The number of rotatable bonds is 5. The van der Waals surface area contributed by atoms with E-state index in [0.29, 0.717) is 25.3 Å². The molecule has 27 heavy (non-hydrogen) atoms. The highest BCUT2D eigenvalue weighted by Gasteiger charge is 2.24. The lowest BCUT2D eigenvalue weighted by molar-refractivity contribution is 0.0162. The summed E-state index contributed by atoms with van der Waals surface area (Å²) in [7, 11) is 0. The van der Waals surface area contributed by atoms with Gasteiger partial charge in [-0.05, 0) is 38.5 Å². The molecular weight excluding hydrogens is 347 g/mol. The summed E-state index contributed by atoms with van der Waals surface area (Å²) in [5.41, 5.74) is 1.18. The summed E-state index contributed by atoms with van der Waals surface area (Å²) in [6, 6.07) is 6.45. The number of aromatic nitrogens is 2. The molecule has 6 nitrogen and oxygen atoms in total. The van der Waals surface area contributed by atoms with Crippen LogP contribution in [0.2, 0.25) is 0 Å². The SMILES string of the molecule is CC(C)(C)n1cc(C(=O)NCC(c2cccc(F)c2)N2CCOCC2)cn1. The quantitative estimate of drug-likeness (QED) is 0.874. The van der Waals surface area contributed by atoms with Crippen molar-refractivity contribution in [1.29, 1.82) is 0 Å². The van der Waals surface area contributed by atoms with E-state index in [2.05, 4.69) is 15.3 Å². The second-order valence-electron chi connectivity index (χ2n) is 7.77. The van der Waals surface area contributed by atoms with Crippen molar-refractivity contribution < 1.29 is 13.9 Å². The molecule has 1 aromatic heterocycles. The molecule has 1 aliphatic rings. The molecule has 0 radical (unpaired) electrons. The first kappa shape index (κ1) is 19.5. The largest absolute Gasteiger partial charge is 0.379 e. The molecule has 2 heterocycles. The number of benzene rings is 1. The van der Waals surface area contributed by atoms with Crippen LogP contribution in [0.5, 0.6) is 0 Å². The molecule has 1 aromatic carbocycles. The molecule has 1 saturated heterocycles. The molecule has 1 fully saturated rings. The summed E-state index contributed by atoms with van der Waals surface area (Å²) in [5, 5.41) is 7.26. The van der Waals surface area contributed by atoms with E-state index >= 15 is 0 Å². The highest BCUT2D eigenvalue weighted by Crippen LogP contribution is 2.22. The average Bonchev–Trinajstić information content (AvgIpc) is 3.13. The van der Waals surface area contributed by atoms with E-state index in [4.69, 9.17) is 4.74 Å². The summed E-state index contributed by atoms with van der Waals surface area (Å²) in [5.74, 6) is -0.455. The molecule has 0 aliphatic carbocycles. The normalized spacial score (nSPS) is 16.9. The van der Waals surface area contributed by atoms with Crippen LogP contribution >= 0.6 is 0 Å². The van der Waals surface area contributed by atoms with Gasteiger partial charge in [0.05, 0.1) is 36.6 Å². The third-order valence-electron chi connectivity index (χ3n) is 4.71. The Hall–Kier alpha value is -2.25. The summed E-state index contributed by atoms with van der Waals surface area (Å²) in [4.78, 5) is 14.8. The number of nitrogens with one attached hydrogen (secondary N) is 1. The minimum Gasteiger partial charge on any atom is -0.379 e. The third kappa shape index (κ3) is 4.93. The van der Waals surface area contributed by atoms with Gasteiger partial charge in [0, 0.05) is 25.8 Å². The Bertz CT molecular complexity index is 778. The molecule has 2 aromatic rings. The number of amides is 1. The first-order valence-corrected chi connectivity index (χ1v) is 9.25. The van der Waals surface area contributed by atoms with Crippen molar-refractivity contribution in [1.82, 2.24) is 20.0 Å². The standard InChI is InChI=1S/C20H27FN4O2/c1-20(2,3)25-14-16(12-23-25)19(26)22-13-18(24-7-9-27-10-8-24)15-5-4-6-17(21)11-15/h4-6,11-12,14,18H,7-10,13H2,1-3H3,(H,22,26). The number of hydrogen-bond acceptors (Lipinski definition) is 4. The molecule has 1 aliphatic heterocycles. The number of ether oxygens (including phenoxy) is 1. The van der Waals surface area contributed by atoms with Gasteiger partial charge in [-0.15, -0.1) is 0 Å². The highest BCUT2D eigenvalue weighted by atomic mass is 19.1. The van der Waals surface area contributed by atoms with Gasteiger partial charge in [-0.1, -0.05) is 12.1 Å². The molecule has 0 spiro atoms. The minimum absolute atomic E-state index is 0.105. The molecule has 0 bridgehead atoms. The van der Waals surface area contributed by atoms with Crippen molar-refractivity contribution in [2.45, 2.75) is 32.4 Å². The van der Waals surface area contributed by atoms with E-state index in [1.54, 1.807) is 23.1 Å². The Labute approximate surface area is 159 Å². The number of hydrogen-bond donors (Lipinski definition) is 1. The van der Waals surface area contributed by atoms with E-state index < -0.39 is 0 Å². The maximum atomic E-state index is 13.7. The van der Waals surface area contributed by atoms with Crippen molar-refractivity contribution in [3.05, 3.63) is 53.6 Å². The third-order valence-corrected chi connectivity index (χ3v) is 4.71. The van der Waals surface area contributed by atoms with E-state index in [1.165, 1.54) is 12.1 Å². The Morgan fingerprint density at radius 3 is 2.70 bits per heavy atom. The van der Waals surface area contributed by atoms with Crippen LogP contribution in [-0.4, -0.2) is 53.4 Å². The number of halogens is 1. The lowest BCUT2D eigenvalue weighted by Gasteiger charge is -2.34. The van der Waals surface area contributed by atoms with Gasteiger partial charge in [-0.2, -0.15) is 5.10 Å². The van der Waals surface area contributed by atoms with Crippen molar-refractivity contribution in [2.75, 3.05) is 32.8 Å². The maximum absolute atomic E-state index is 13.7. The first-order valence-electron chi connectivity index (χ1n) is 9.25. The van der Waals surface area contributed by atoms with Crippen molar-refractivity contribution in [3.63, 3.8) is 0 Å². The van der Waals surface area contributed by atoms with Crippen LogP contribution in [0.1, 0.15) is 42.7 Å². The summed E-state index contributed by atoms with van der Waals surface area (Å²) in [6.07, 6.45) is 3.33. The second kappa shape index (κ2) is 8.19. The molecule has 3 rings (SSSR count). The zero-order chi connectivity index (χ0) is 19.4. The van der Waals surface area contributed by atoms with Gasteiger partial charge < -0.3 is 10.1 Å². The minimum atomic E-state index is -0.275. The fourth-order valence-electron chi connectivity index (χ4n) is 3.16. The van der Waals surface area contributed by atoms with Crippen LogP contribution in [0.3, 0.4) is 0 Å². The van der Waals surface area contributed by atoms with Crippen molar-refractivity contribution >= 4 is 5.91 Å². The summed E-state index contributed by atoms with van der Waals surface area (Å²) in [6.45, 7) is 9.25. The Morgan fingerprint density at radius 1 is 1.33 bits per heavy atom. The Balaban J connectivity index is 1.72. The van der Waals surface area contributed by atoms with Gasteiger partial charge in [-0.25, -0.2) is 4.39 Å². The molecule has 1 atom stereocenters. The van der Waals surface area contributed by atoms with Crippen LogP contribution < -0.4 is 5.32 Å². The van der Waals surface area contributed by atoms with E-state index in [0.717, 1.165) is 18.7 Å². The fourth-order valence-corrected chi connectivity index (χ4v) is 3.16. The van der Waals surface area contributed by atoms with Crippen LogP contribution in [0, 0.1) is 5.82 Å². The van der Waals surface area contributed by atoms with E-state index in [-0.39, 0.29) is 23.3 Å². The molecule has 1 N–H and O–H groups in total. The van der Waals surface area contributed by atoms with Gasteiger partial charge in [0.1, 0.15) is 5.82 Å². The van der Waals surface area contributed by atoms with Gasteiger partial charge in [-0.3, -0.25) is 14.4 Å². The topological polar surface area (TPSA) is 59.4 Å². The molecule has 1 amide bonds. The van der Waals surface area contributed by atoms with Crippen LogP contribution in [0.25, 0.3) is 0 Å². The summed E-state index contributed by atoms with van der Waals surface area (Å²) >= 11 is 0. The zero-order valence-electron chi connectivity index (χ0n) is 16.1. The zero-order valence-corrected chi connectivity index (χ0v) is 16.1. The smallest absolute Gasteiger partial charge is 0.254 e. The number of carbonyl (C=O) groups excluding carboxylic acids is 1. The lowest BCUT2D eigenvalue weighted by atomic mass is 10.0. The lowest BCUT2D eigenvalue weighted by Crippen LogP contribution is -2.43. The predicted octanol–water partition coefficient (Wildman–Crippen LogP) is 2.58. The molecule has 7 heteroatoms. The van der Waals surface area contributed by atoms with Crippen LogP contribution in [0.15, 0.2) is 36.7 Å². The fraction of sp³-hybridized carbons (Fsp3) is 0.500. The monoisotopic (exact) mass is 374 g/mol. The Morgan fingerprint density at radius 2 is 2.07 bits per heavy atom. The van der Waals surface area contributed by atoms with Gasteiger partial charge in [0.15, 0.2) is 0 Å². The average molecular weight is 374 g/mol. The van der Waals surface area contributed by atoms with E-state index in [9.17, 15) is 9.18 Å². The molecule has 146 valence electrons. The molecule has 0 saturated carbocycles. The Kier molecular flexibility index (Phi) is 5.92. The second-order valence-corrected chi connectivity index (χ2v) is 7.77. The van der Waals surface area contributed by atoms with Gasteiger partial charge in [0.2, 0.25) is 0 Å².